The average molecular weight is 409 g/mol. The Morgan fingerprint density at radius 3 is 2.60 bits per heavy atom. The number of aromatic nitrogens is 4. The van der Waals surface area contributed by atoms with Gasteiger partial charge in [0.15, 0.2) is 5.65 Å². The summed E-state index contributed by atoms with van der Waals surface area (Å²) >= 11 is 0. The summed E-state index contributed by atoms with van der Waals surface area (Å²) in [5.41, 5.74) is 3.33. The number of imidazole rings is 1. The van der Waals surface area contributed by atoms with Crippen molar-refractivity contribution in [1.29, 1.82) is 0 Å². The van der Waals surface area contributed by atoms with E-state index in [0.29, 0.717) is 24.3 Å². The molecule has 1 unspecified atom stereocenters. The van der Waals surface area contributed by atoms with E-state index >= 15 is 0 Å². The van der Waals surface area contributed by atoms with E-state index < -0.39 is 0 Å². The SMILES string of the molecule is O=c1[nH]c2cnc(OCC3CCCO3)nc2n1Cc1ccc(CN2CCCC2)cc1. The van der Waals surface area contributed by atoms with Gasteiger partial charge >= 0.3 is 11.7 Å². The van der Waals surface area contributed by atoms with Gasteiger partial charge in [0.25, 0.3) is 0 Å². The number of fused-ring (bicyclic) bond motifs is 1. The molecule has 8 heteroatoms. The molecule has 0 saturated carbocycles. The monoisotopic (exact) mass is 409 g/mol. The Hall–Kier alpha value is -2.71. The lowest BCUT2D eigenvalue weighted by atomic mass is 10.1. The summed E-state index contributed by atoms with van der Waals surface area (Å²) < 4.78 is 12.9. The zero-order valence-corrected chi connectivity index (χ0v) is 17.0. The highest BCUT2D eigenvalue weighted by molar-refractivity contribution is 5.69. The van der Waals surface area contributed by atoms with Crippen LogP contribution < -0.4 is 10.4 Å². The molecule has 30 heavy (non-hydrogen) atoms. The normalized spacial score (nSPS) is 19.7. The molecule has 2 aromatic heterocycles. The van der Waals surface area contributed by atoms with E-state index in [9.17, 15) is 4.79 Å². The fraction of sp³-hybridized carbons (Fsp3) is 0.500. The highest BCUT2D eigenvalue weighted by atomic mass is 16.5. The van der Waals surface area contributed by atoms with Crippen LogP contribution in [-0.2, 0) is 17.8 Å². The van der Waals surface area contributed by atoms with Gasteiger partial charge in [0, 0.05) is 13.2 Å². The Morgan fingerprint density at radius 1 is 1.10 bits per heavy atom. The van der Waals surface area contributed by atoms with E-state index in [4.69, 9.17) is 9.47 Å². The lowest BCUT2D eigenvalue weighted by Gasteiger charge is -2.14. The largest absolute Gasteiger partial charge is 0.461 e. The van der Waals surface area contributed by atoms with Crippen LogP contribution in [-0.4, -0.2) is 56.8 Å². The highest BCUT2D eigenvalue weighted by Crippen LogP contribution is 2.17. The Balaban J connectivity index is 1.30. The number of nitrogens with zero attached hydrogens (tertiary/aromatic N) is 4. The summed E-state index contributed by atoms with van der Waals surface area (Å²) in [6.07, 6.45) is 6.33. The third-order valence-corrected chi connectivity index (χ3v) is 5.88. The van der Waals surface area contributed by atoms with Crippen LogP contribution in [0.3, 0.4) is 0 Å². The predicted octanol–water partition coefficient (Wildman–Crippen LogP) is 2.32. The van der Waals surface area contributed by atoms with Crippen molar-refractivity contribution in [2.24, 2.45) is 0 Å². The molecular formula is C22H27N5O3. The summed E-state index contributed by atoms with van der Waals surface area (Å²) in [6.45, 7) is 5.02. The molecule has 1 N–H and O–H groups in total. The summed E-state index contributed by atoms with van der Waals surface area (Å²) in [5.74, 6) is 0. The fourth-order valence-electron chi connectivity index (χ4n) is 4.22. The Morgan fingerprint density at radius 2 is 1.87 bits per heavy atom. The third kappa shape index (κ3) is 4.24. The maximum Gasteiger partial charge on any atom is 0.328 e. The van der Waals surface area contributed by atoms with E-state index in [0.717, 1.165) is 31.6 Å². The molecule has 0 amide bonds. The molecule has 0 radical (unpaired) electrons. The molecule has 3 aromatic rings. The first-order chi connectivity index (χ1) is 14.7. The number of hydrogen-bond acceptors (Lipinski definition) is 6. The van der Waals surface area contributed by atoms with E-state index in [-0.39, 0.29) is 17.8 Å². The van der Waals surface area contributed by atoms with Crippen molar-refractivity contribution in [2.75, 3.05) is 26.3 Å². The minimum atomic E-state index is -0.197. The fourth-order valence-corrected chi connectivity index (χ4v) is 4.22. The van der Waals surface area contributed by atoms with Crippen molar-refractivity contribution >= 4 is 11.2 Å². The number of H-pyrrole nitrogens is 1. The minimum absolute atomic E-state index is 0.0942. The molecule has 8 nitrogen and oxygen atoms in total. The third-order valence-electron chi connectivity index (χ3n) is 5.88. The number of benzene rings is 1. The molecular weight excluding hydrogens is 382 g/mol. The minimum Gasteiger partial charge on any atom is -0.461 e. The first-order valence-corrected chi connectivity index (χ1v) is 10.7. The van der Waals surface area contributed by atoms with Gasteiger partial charge < -0.3 is 14.5 Å². The molecule has 2 aliphatic heterocycles. The molecule has 5 rings (SSSR count). The summed E-state index contributed by atoms with van der Waals surface area (Å²) in [4.78, 5) is 26.5. The van der Waals surface area contributed by atoms with E-state index in [1.54, 1.807) is 10.8 Å². The zero-order valence-electron chi connectivity index (χ0n) is 17.0. The second kappa shape index (κ2) is 8.57. The number of ether oxygens (including phenoxy) is 2. The van der Waals surface area contributed by atoms with Gasteiger partial charge in [-0.15, -0.1) is 0 Å². The van der Waals surface area contributed by atoms with Crippen molar-refractivity contribution in [3.8, 4) is 6.01 Å². The van der Waals surface area contributed by atoms with Gasteiger partial charge in [-0.3, -0.25) is 9.47 Å². The smallest absolute Gasteiger partial charge is 0.328 e. The molecule has 0 spiro atoms. The quantitative estimate of drug-likeness (QED) is 0.645. The van der Waals surface area contributed by atoms with Gasteiger partial charge in [-0.1, -0.05) is 24.3 Å². The van der Waals surface area contributed by atoms with Crippen molar-refractivity contribution < 1.29 is 9.47 Å². The number of aromatic amines is 1. The van der Waals surface area contributed by atoms with Crippen molar-refractivity contribution in [3.63, 3.8) is 0 Å². The number of hydrogen-bond donors (Lipinski definition) is 1. The molecule has 158 valence electrons. The molecule has 2 aliphatic rings. The molecule has 0 bridgehead atoms. The van der Waals surface area contributed by atoms with Crippen LogP contribution in [0.15, 0.2) is 35.3 Å². The van der Waals surface area contributed by atoms with Crippen LogP contribution in [0.1, 0.15) is 36.8 Å². The van der Waals surface area contributed by atoms with Crippen LogP contribution in [0.4, 0.5) is 0 Å². The lowest BCUT2D eigenvalue weighted by Crippen LogP contribution is -2.19. The Bertz CT molecular complexity index is 1050. The first-order valence-electron chi connectivity index (χ1n) is 10.7. The van der Waals surface area contributed by atoms with Crippen molar-refractivity contribution in [2.45, 2.75) is 44.9 Å². The molecule has 0 aliphatic carbocycles. The maximum atomic E-state index is 12.5. The molecule has 2 fully saturated rings. The van der Waals surface area contributed by atoms with E-state index in [1.165, 1.54) is 31.5 Å². The topological polar surface area (TPSA) is 85.3 Å². The van der Waals surface area contributed by atoms with Crippen LogP contribution in [0.25, 0.3) is 11.2 Å². The standard InChI is InChI=1S/C22H27N5O3/c28-22-24-19-12-23-21(30-15-18-4-3-11-29-18)25-20(19)27(22)14-17-7-5-16(6-8-17)13-26-9-1-2-10-26/h5-8,12,18H,1-4,9-11,13-15H2,(H,24,28). The lowest BCUT2D eigenvalue weighted by molar-refractivity contribution is 0.0646. The predicted molar refractivity (Wildman–Crippen MR) is 113 cm³/mol. The maximum absolute atomic E-state index is 12.5. The summed E-state index contributed by atoms with van der Waals surface area (Å²) in [5, 5.41) is 0. The number of likely N-dealkylation sites (tertiary alicyclic amines) is 1. The van der Waals surface area contributed by atoms with Gasteiger partial charge in [-0.05, 0) is 49.9 Å². The van der Waals surface area contributed by atoms with Gasteiger partial charge in [0.2, 0.25) is 0 Å². The second-order valence-electron chi connectivity index (χ2n) is 8.15. The van der Waals surface area contributed by atoms with Gasteiger partial charge in [-0.2, -0.15) is 4.98 Å². The summed E-state index contributed by atoms with van der Waals surface area (Å²) in [7, 11) is 0. The van der Waals surface area contributed by atoms with Gasteiger partial charge in [0.1, 0.15) is 12.1 Å². The summed E-state index contributed by atoms with van der Waals surface area (Å²) in [6, 6.07) is 8.75. The Kier molecular flexibility index (Phi) is 5.50. The van der Waals surface area contributed by atoms with Crippen molar-refractivity contribution in [1.82, 2.24) is 24.4 Å². The van der Waals surface area contributed by atoms with Gasteiger partial charge in [-0.25, -0.2) is 9.78 Å². The van der Waals surface area contributed by atoms with Gasteiger partial charge in [0.05, 0.1) is 18.8 Å². The first kappa shape index (κ1) is 19.3. The van der Waals surface area contributed by atoms with E-state index in [2.05, 4.69) is 44.1 Å². The van der Waals surface area contributed by atoms with Crippen LogP contribution in [0.5, 0.6) is 6.01 Å². The van der Waals surface area contributed by atoms with E-state index in [1.807, 2.05) is 0 Å². The second-order valence-corrected chi connectivity index (χ2v) is 8.15. The van der Waals surface area contributed by atoms with Crippen molar-refractivity contribution in [3.05, 3.63) is 52.1 Å². The molecule has 2 saturated heterocycles. The highest BCUT2D eigenvalue weighted by Gasteiger charge is 2.18. The van der Waals surface area contributed by atoms with Crippen LogP contribution >= 0.6 is 0 Å². The average Bonchev–Trinajstić information content (AvgIpc) is 3.51. The number of nitrogens with one attached hydrogen (secondary N) is 1. The molecule has 1 aromatic carbocycles. The molecule has 1 atom stereocenters. The van der Waals surface area contributed by atoms with Crippen LogP contribution in [0.2, 0.25) is 0 Å². The zero-order chi connectivity index (χ0) is 20.3. The Labute approximate surface area is 174 Å². The number of rotatable bonds is 7. The van der Waals surface area contributed by atoms with Crippen LogP contribution in [0, 0.1) is 0 Å². The molecule has 4 heterocycles.